The summed E-state index contributed by atoms with van der Waals surface area (Å²) in [5.74, 6) is -0.287. The summed E-state index contributed by atoms with van der Waals surface area (Å²) in [6.07, 6.45) is 1.70. The van der Waals surface area contributed by atoms with Gasteiger partial charge in [-0.3, -0.25) is 14.5 Å². The maximum absolute atomic E-state index is 12.1. The number of anilines is 2. The summed E-state index contributed by atoms with van der Waals surface area (Å²) in [5, 5.41) is 5.65. The van der Waals surface area contributed by atoms with E-state index in [4.69, 9.17) is 4.74 Å². The zero-order chi connectivity index (χ0) is 17.6. The minimum absolute atomic E-state index is 0.0603. The van der Waals surface area contributed by atoms with E-state index in [0.717, 1.165) is 17.6 Å². The number of nitrogens with one attached hydrogen (secondary N) is 3. The Bertz CT molecular complexity index is 739. The highest BCUT2D eigenvalue weighted by Crippen LogP contribution is 2.16. The first kappa shape index (κ1) is 17.7. The zero-order valence-corrected chi connectivity index (χ0v) is 15.1. The molecule has 8 heteroatoms. The van der Waals surface area contributed by atoms with Gasteiger partial charge in [0.25, 0.3) is 5.91 Å². The number of carbonyl (C=O) groups excluding carboxylic acids is 2. The Morgan fingerprint density at radius 3 is 2.36 bits per heavy atom. The van der Waals surface area contributed by atoms with Gasteiger partial charge >= 0.3 is 0 Å². The van der Waals surface area contributed by atoms with Gasteiger partial charge in [0, 0.05) is 35.1 Å². The van der Waals surface area contributed by atoms with E-state index in [1.165, 1.54) is 0 Å². The number of morpholine rings is 1. The second-order valence-electron chi connectivity index (χ2n) is 5.70. The van der Waals surface area contributed by atoms with Gasteiger partial charge in [-0.1, -0.05) is 0 Å². The van der Waals surface area contributed by atoms with Crippen LogP contribution in [0.2, 0.25) is 0 Å². The lowest BCUT2D eigenvalue weighted by Gasteiger charge is -2.25. The van der Waals surface area contributed by atoms with Crippen molar-refractivity contribution in [2.45, 2.75) is 0 Å². The number of H-pyrrole nitrogens is 1. The monoisotopic (exact) mass is 406 g/mol. The molecule has 0 aliphatic carbocycles. The molecule has 3 rings (SSSR count). The van der Waals surface area contributed by atoms with Gasteiger partial charge in [0.2, 0.25) is 5.91 Å². The third-order valence-corrected chi connectivity index (χ3v) is 4.25. The van der Waals surface area contributed by atoms with Crippen molar-refractivity contribution < 1.29 is 14.3 Å². The van der Waals surface area contributed by atoms with Crippen LogP contribution in [0.4, 0.5) is 11.4 Å². The molecule has 2 amide bonds. The fourth-order valence-corrected chi connectivity index (χ4v) is 2.84. The van der Waals surface area contributed by atoms with Crippen LogP contribution in [0.3, 0.4) is 0 Å². The lowest BCUT2D eigenvalue weighted by molar-refractivity contribution is -0.118. The van der Waals surface area contributed by atoms with Gasteiger partial charge in [-0.2, -0.15) is 0 Å². The minimum atomic E-state index is -0.227. The molecule has 1 aliphatic heterocycles. The van der Waals surface area contributed by atoms with E-state index in [1.807, 2.05) is 0 Å². The van der Waals surface area contributed by atoms with Crippen LogP contribution in [0.1, 0.15) is 10.5 Å². The molecule has 2 aromatic rings. The van der Waals surface area contributed by atoms with E-state index in [2.05, 4.69) is 36.4 Å². The quantitative estimate of drug-likeness (QED) is 0.710. The van der Waals surface area contributed by atoms with E-state index >= 15 is 0 Å². The average molecular weight is 407 g/mol. The largest absolute Gasteiger partial charge is 0.379 e. The summed E-state index contributed by atoms with van der Waals surface area (Å²) >= 11 is 3.29. The van der Waals surface area contributed by atoms with Crippen molar-refractivity contribution in [1.82, 2.24) is 9.88 Å². The molecule has 2 heterocycles. The van der Waals surface area contributed by atoms with Crippen LogP contribution in [-0.4, -0.2) is 54.5 Å². The molecule has 1 aromatic carbocycles. The molecular formula is C17H19BrN4O3. The number of ether oxygens (including phenoxy) is 1. The topological polar surface area (TPSA) is 86.5 Å². The van der Waals surface area contributed by atoms with Gasteiger partial charge in [0.05, 0.1) is 19.8 Å². The Morgan fingerprint density at radius 1 is 1.12 bits per heavy atom. The van der Waals surface area contributed by atoms with Gasteiger partial charge in [-0.25, -0.2) is 0 Å². The molecule has 1 aromatic heterocycles. The van der Waals surface area contributed by atoms with Crippen molar-refractivity contribution in [3.8, 4) is 0 Å². The third kappa shape index (κ3) is 5.15. The number of aromatic nitrogens is 1. The number of carbonyl (C=O) groups is 2. The number of nitrogens with zero attached hydrogens (tertiary/aromatic N) is 1. The molecule has 0 bridgehead atoms. The highest BCUT2D eigenvalue weighted by atomic mass is 79.9. The fraction of sp³-hybridized carbons (Fsp3) is 0.294. The lowest BCUT2D eigenvalue weighted by atomic mass is 10.2. The molecule has 1 aliphatic rings. The number of hydrogen-bond acceptors (Lipinski definition) is 4. The molecule has 0 spiro atoms. The van der Waals surface area contributed by atoms with E-state index in [9.17, 15) is 9.59 Å². The van der Waals surface area contributed by atoms with E-state index in [0.29, 0.717) is 36.8 Å². The van der Waals surface area contributed by atoms with Crippen LogP contribution < -0.4 is 10.6 Å². The summed E-state index contributed by atoms with van der Waals surface area (Å²) in [4.78, 5) is 29.1. The van der Waals surface area contributed by atoms with Gasteiger partial charge in [-0.15, -0.1) is 0 Å². The molecule has 0 saturated carbocycles. The van der Waals surface area contributed by atoms with Gasteiger partial charge in [0.15, 0.2) is 0 Å². The third-order valence-electron chi connectivity index (χ3n) is 3.79. The SMILES string of the molecule is O=C(CN1CCOCC1)Nc1ccc(NC(=O)c2cc(Br)c[nH]2)cc1. The van der Waals surface area contributed by atoms with Crippen LogP contribution in [-0.2, 0) is 9.53 Å². The van der Waals surface area contributed by atoms with E-state index < -0.39 is 0 Å². The summed E-state index contributed by atoms with van der Waals surface area (Å²) in [7, 11) is 0. The van der Waals surface area contributed by atoms with Gasteiger partial charge < -0.3 is 20.4 Å². The van der Waals surface area contributed by atoms with Crippen LogP contribution >= 0.6 is 15.9 Å². The van der Waals surface area contributed by atoms with Gasteiger partial charge in [-0.05, 0) is 46.3 Å². The minimum Gasteiger partial charge on any atom is -0.379 e. The zero-order valence-electron chi connectivity index (χ0n) is 13.5. The van der Waals surface area contributed by atoms with Crippen LogP contribution in [0.25, 0.3) is 0 Å². The summed E-state index contributed by atoms with van der Waals surface area (Å²) in [6.45, 7) is 3.22. The Kier molecular flexibility index (Phi) is 5.85. The number of hydrogen-bond donors (Lipinski definition) is 3. The molecule has 1 fully saturated rings. The van der Waals surface area contributed by atoms with Crippen molar-refractivity contribution >= 4 is 39.1 Å². The highest BCUT2D eigenvalue weighted by molar-refractivity contribution is 9.10. The predicted octanol–water partition coefficient (Wildman–Crippen LogP) is 2.30. The van der Waals surface area contributed by atoms with Crippen molar-refractivity contribution in [3.05, 3.63) is 46.7 Å². The standard InChI is InChI=1S/C17H19BrN4O3/c18-12-9-15(19-10-12)17(24)21-14-3-1-13(2-4-14)20-16(23)11-22-5-7-25-8-6-22/h1-4,9-10,19H,5-8,11H2,(H,20,23)(H,21,24). The van der Waals surface area contributed by atoms with Crippen molar-refractivity contribution in [3.63, 3.8) is 0 Å². The first-order chi connectivity index (χ1) is 12.1. The Labute approximate surface area is 153 Å². The molecule has 132 valence electrons. The lowest BCUT2D eigenvalue weighted by Crippen LogP contribution is -2.41. The van der Waals surface area contributed by atoms with Crippen LogP contribution in [0.15, 0.2) is 41.0 Å². The second-order valence-corrected chi connectivity index (χ2v) is 6.62. The number of aromatic amines is 1. The first-order valence-electron chi connectivity index (χ1n) is 7.95. The maximum atomic E-state index is 12.1. The average Bonchev–Trinajstić information content (AvgIpc) is 3.04. The molecule has 1 saturated heterocycles. The van der Waals surface area contributed by atoms with Crippen LogP contribution in [0.5, 0.6) is 0 Å². The fourth-order valence-electron chi connectivity index (χ4n) is 2.50. The normalized spacial score (nSPS) is 14.9. The smallest absolute Gasteiger partial charge is 0.272 e. The molecular weight excluding hydrogens is 388 g/mol. The number of rotatable bonds is 5. The Morgan fingerprint density at radius 2 is 1.76 bits per heavy atom. The molecule has 0 unspecified atom stereocenters. The summed E-state index contributed by atoms with van der Waals surface area (Å²) in [5.41, 5.74) is 1.82. The first-order valence-corrected chi connectivity index (χ1v) is 8.75. The molecule has 3 N–H and O–H groups in total. The van der Waals surface area contributed by atoms with Crippen molar-refractivity contribution in [2.24, 2.45) is 0 Å². The summed E-state index contributed by atoms with van der Waals surface area (Å²) in [6, 6.07) is 8.73. The molecule has 0 radical (unpaired) electrons. The van der Waals surface area contributed by atoms with Crippen molar-refractivity contribution in [1.29, 1.82) is 0 Å². The summed E-state index contributed by atoms with van der Waals surface area (Å²) < 4.78 is 6.08. The number of benzene rings is 1. The Balaban J connectivity index is 1.51. The van der Waals surface area contributed by atoms with Crippen molar-refractivity contribution in [2.75, 3.05) is 43.5 Å². The molecule has 7 nitrogen and oxygen atoms in total. The van der Waals surface area contributed by atoms with E-state index in [1.54, 1.807) is 36.5 Å². The van der Waals surface area contributed by atoms with Gasteiger partial charge in [0.1, 0.15) is 5.69 Å². The van der Waals surface area contributed by atoms with E-state index in [-0.39, 0.29) is 11.8 Å². The highest BCUT2D eigenvalue weighted by Gasteiger charge is 2.14. The molecule has 25 heavy (non-hydrogen) atoms. The number of amides is 2. The second kappa shape index (κ2) is 8.28. The van der Waals surface area contributed by atoms with Crippen LogP contribution in [0, 0.1) is 0 Å². The predicted molar refractivity (Wildman–Crippen MR) is 98.8 cm³/mol. The molecule has 0 atom stereocenters. The Hall–Kier alpha value is -2.16. The number of halogens is 1. The maximum Gasteiger partial charge on any atom is 0.272 e.